The van der Waals surface area contributed by atoms with Crippen LogP contribution in [0.25, 0.3) is 0 Å². The molecule has 0 saturated carbocycles. The molecule has 0 aliphatic heterocycles. The molecule has 1 N–H and O–H groups in total. The van der Waals surface area contributed by atoms with Gasteiger partial charge in [-0.25, -0.2) is 0 Å². The Hall–Kier alpha value is -0.870. The zero-order valence-corrected chi connectivity index (χ0v) is 10.0. The van der Waals surface area contributed by atoms with Crippen LogP contribution in [-0.2, 0) is 22.5 Å². The van der Waals surface area contributed by atoms with Crippen molar-refractivity contribution in [2.45, 2.75) is 26.3 Å². The molecule has 0 atom stereocenters. The molecule has 0 fully saturated rings. The molecule has 1 aromatic heterocycles. The molecule has 1 rings (SSSR count). The highest BCUT2D eigenvalue weighted by Gasteiger charge is 2.03. The van der Waals surface area contributed by atoms with E-state index in [9.17, 15) is 4.79 Å². The Bertz CT molecular complexity index is 309. The first-order valence-corrected chi connectivity index (χ1v) is 5.98. The summed E-state index contributed by atoms with van der Waals surface area (Å²) in [6.07, 6.45) is 1.50. The molecule has 0 aliphatic rings. The van der Waals surface area contributed by atoms with Gasteiger partial charge < -0.3 is 10.1 Å². The van der Waals surface area contributed by atoms with Crippen LogP contribution in [0.4, 0.5) is 0 Å². The number of ether oxygens (including phenoxy) is 1. The summed E-state index contributed by atoms with van der Waals surface area (Å²) >= 11 is 1.76. The van der Waals surface area contributed by atoms with Gasteiger partial charge in [0.15, 0.2) is 0 Å². The number of esters is 1. The van der Waals surface area contributed by atoms with Gasteiger partial charge in [-0.3, -0.25) is 4.79 Å². The number of hydrogen-bond acceptors (Lipinski definition) is 4. The van der Waals surface area contributed by atoms with Crippen molar-refractivity contribution < 1.29 is 9.53 Å². The quantitative estimate of drug-likeness (QED) is 0.596. The number of rotatable bonds is 6. The summed E-state index contributed by atoms with van der Waals surface area (Å²) in [6, 6.07) is 2.15. The van der Waals surface area contributed by atoms with Crippen LogP contribution in [0.15, 0.2) is 11.4 Å². The highest BCUT2D eigenvalue weighted by atomic mass is 32.1. The van der Waals surface area contributed by atoms with Gasteiger partial charge in [-0.05, 0) is 23.4 Å². The predicted octanol–water partition coefficient (Wildman–Crippen LogP) is 1.96. The summed E-state index contributed by atoms with van der Waals surface area (Å²) < 4.78 is 4.56. The second kappa shape index (κ2) is 6.58. The first-order chi connectivity index (χ1) is 7.27. The maximum absolute atomic E-state index is 10.8. The van der Waals surface area contributed by atoms with Crippen LogP contribution < -0.4 is 5.32 Å². The third kappa shape index (κ3) is 4.01. The summed E-state index contributed by atoms with van der Waals surface area (Å²) in [4.78, 5) is 12.2. The van der Waals surface area contributed by atoms with E-state index in [1.807, 2.05) is 0 Å². The molecule has 0 radical (unpaired) electrons. The molecule has 0 aliphatic carbocycles. The minimum atomic E-state index is -0.163. The minimum absolute atomic E-state index is 0.163. The molecule has 4 heteroatoms. The molecular formula is C11H17NO2S. The first kappa shape index (κ1) is 12.2. The Labute approximate surface area is 94.5 Å². The molecule has 84 valence electrons. The van der Waals surface area contributed by atoms with Gasteiger partial charge in [0.2, 0.25) is 0 Å². The van der Waals surface area contributed by atoms with E-state index in [0.717, 1.165) is 13.0 Å². The number of carbonyl (C=O) groups excluding carboxylic acids is 1. The zero-order valence-electron chi connectivity index (χ0n) is 9.21. The fourth-order valence-electron chi connectivity index (χ4n) is 1.33. The molecule has 0 bridgehead atoms. The Morgan fingerprint density at radius 2 is 2.40 bits per heavy atom. The Morgan fingerprint density at radius 1 is 1.60 bits per heavy atom. The van der Waals surface area contributed by atoms with Crippen LogP contribution in [0.2, 0.25) is 0 Å². The topological polar surface area (TPSA) is 38.3 Å². The summed E-state index contributed by atoms with van der Waals surface area (Å²) in [5, 5.41) is 5.34. The lowest BCUT2D eigenvalue weighted by atomic mass is 10.2. The van der Waals surface area contributed by atoms with E-state index in [2.05, 4.69) is 28.4 Å². The van der Waals surface area contributed by atoms with Gasteiger partial charge in [-0.2, -0.15) is 0 Å². The zero-order chi connectivity index (χ0) is 11.1. The van der Waals surface area contributed by atoms with Gasteiger partial charge >= 0.3 is 5.97 Å². The maximum Gasteiger partial charge on any atom is 0.306 e. The third-order valence-corrected chi connectivity index (χ3v) is 3.20. The molecule has 0 aromatic carbocycles. The van der Waals surface area contributed by atoms with Gasteiger partial charge in [-0.1, -0.05) is 6.92 Å². The maximum atomic E-state index is 10.8. The van der Waals surface area contributed by atoms with E-state index in [-0.39, 0.29) is 5.97 Å². The minimum Gasteiger partial charge on any atom is -0.469 e. The third-order valence-electron chi connectivity index (χ3n) is 2.24. The van der Waals surface area contributed by atoms with E-state index in [1.54, 1.807) is 11.3 Å². The Kier molecular flexibility index (Phi) is 5.36. The molecule has 0 saturated heterocycles. The number of methoxy groups -OCH3 is 1. The van der Waals surface area contributed by atoms with Crippen molar-refractivity contribution in [2.24, 2.45) is 0 Å². The smallest absolute Gasteiger partial charge is 0.306 e. The van der Waals surface area contributed by atoms with Crippen LogP contribution in [-0.4, -0.2) is 19.6 Å². The highest BCUT2D eigenvalue weighted by Crippen LogP contribution is 2.16. The number of thiophene rings is 1. The summed E-state index contributed by atoms with van der Waals surface area (Å²) in [7, 11) is 1.41. The number of nitrogens with one attached hydrogen (secondary N) is 1. The fourth-order valence-corrected chi connectivity index (χ4v) is 2.28. The molecule has 0 unspecified atom stereocenters. The van der Waals surface area contributed by atoms with Crippen LogP contribution in [0.5, 0.6) is 0 Å². The standard InChI is InChI=1S/C11H17NO2S/c1-3-9-5-7-15-10(9)8-12-6-4-11(13)14-2/h5,7,12H,3-4,6,8H2,1-2H3. The lowest BCUT2D eigenvalue weighted by molar-refractivity contribution is -0.140. The predicted molar refractivity (Wildman–Crippen MR) is 62.0 cm³/mol. The molecule has 1 aromatic rings. The van der Waals surface area contributed by atoms with Gasteiger partial charge in [-0.15, -0.1) is 11.3 Å². The van der Waals surface area contributed by atoms with Gasteiger partial charge in [0.1, 0.15) is 0 Å². The van der Waals surface area contributed by atoms with Crippen molar-refractivity contribution in [3.63, 3.8) is 0 Å². The van der Waals surface area contributed by atoms with E-state index >= 15 is 0 Å². The summed E-state index contributed by atoms with van der Waals surface area (Å²) in [5.74, 6) is -0.163. The number of carbonyl (C=O) groups is 1. The van der Waals surface area contributed by atoms with E-state index in [0.29, 0.717) is 13.0 Å². The first-order valence-electron chi connectivity index (χ1n) is 5.10. The summed E-state index contributed by atoms with van der Waals surface area (Å²) in [5.41, 5.74) is 1.39. The Balaban J connectivity index is 2.23. The monoisotopic (exact) mass is 227 g/mol. The average Bonchev–Trinajstić information content (AvgIpc) is 2.71. The van der Waals surface area contributed by atoms with Gasteiger partial charge in [0, 0.05) is 18.0 Å². The molecular weight excluding hydrogens is 210 g/mol. The van der Waals surface area contributed by atoms with Gasteiger partial charge in [0.25, 0.3) is 0 Å². The largest absolute Gasteiger partial charge is 0.469 e. The second-order valence-corrected chi connectivity index (χ2v) is 4.23. The fraction of sp³-hybridized carbons (Fsp3) is 0.545. The number of hydrogen-bond donors (Lipinski definition) is 1. The molecule has 0 amide bonds. The van der Waals surface area contributed by atoms with Crippen LogP contribution in [0, 0.1) is 0 Å². The highest BCUT2D eigenvalue weighted by molar-refractivity contribution is 7.10. The SMILES string of the molecule is CCc1ccsc1CNCCC(=O)OC. The van der Waals surface area contributed by atoms with Crippen molar-refractivity contribution in [2.75, 3.05) is 13.7 Å². The normalized spacial score (nSPS) is 10.3. The van der Waals surface area contributed by atoms with Gasteiger partial charge in [0.05, 0.1) is 13.5 Å². The summed E-state index contributed by atoms with van der Waals surface area (Å²) in [6.45, 7) is 3.67. The molecule has 0 spiro atoms. The van der Waals surface area contributed by atoms with E-state index < -0.39 is 0 Å². The van der Waals surface area contributed by atoms with E-state index in [1.165, 1.54) is 17.6 Å². The Morgan fingerprint density at radius 3 is 3.07 bits per heavy atom. The average molecular weight is 227 g/mol. The van der Waals surface area contributed by atoms with Crippen LogP contribution in [0.3, 0.4) is 0 Å². The van der Waals surface area contributed by atoms with Crippen molar-refractivity contribution in [1.29, 1.82) is 0 Å². The molecule has 15 heavy (non-hydrogen) atoms. The molecule has 3 nitrogen and oxygen atoms in total. The molecule has 1 heterocycles. The van der Waals surface area contributed by atoms with Crippen LogP contribution in [0.1, 0.15) is 23.8 Å². The second-order valence-electron chi connectivity index (χ2n) is 3.23. The van der Waals surface area contributed by atoms with Crippen LogP contribution >= 0.6 is 11.3 Å². The lowest BCUT2D eigenvalue weighted by Crippen LogP contribution is -2.18. The van der Waals surface area contributed by atoms with Crippen molar-refractivity contribution in [3.8, 4) is 0 Å². The van der Waals surface area contributed by atoms with Crippen molar-refractivity contribution in [1.82, 2.24) is 5.32 Å². The van der Waals surface area contributed by atoms with E-state index in [4.69, 9.17) is 0 Å². The van der Waals surface area contributed by atoms with Crippen molar-refractivity contribution >= 4 is 17.3 Å². The number of aryl methyl sites for hydroxylation is 1. The lowest BCUT2D eigenvalue weighted by Gasteiger charge is -2.04. The van der Waals surface area contributed by atoms with Crippen molar-refractivity contribution in [3.05, 3.63) is 21.9 Å².